The number of ketones is 1. The molecule has 0 radical (unpaired) electrons. The van der Waals surface area contributed by atoms with E-state index in [4.69, 9.17) is 9.15 Å². The predicted molar refractivity (Wildman–Crippen MR) is 110 cm³/mol. The van der Waals surface area contributed by atoms with E-state index in [9.17, 15) is 14.7 Å². The van der Waals surface area contributed by atoms with Crippen molar-refractivity contribution in [2.75, 3.05) is 13.7 Å². The lowest BCUT2D eigenvalue weighted by molar-refractivity contribution is -0.140. The van der Waals surface area contributed by atoms with E-state index >= 15 is 0 Å². The van der Waals surface area contributed by atoms with Gasteiger partial charge in [-0.2, -0.15) is 0 Å². The van der Waals surface area contributed by atoms with Gasteiger partial charge < -0.3 is 19.2 Å². The number of aliphatic hydroxyl groups is 1. The number of hydrogen-bond donors (Lipinski definition) is 1. The maximum absolute atomic E-state index is 12.9. The third-order valence-electron chi connectivity index (χ3n) is 5.18. The Kier molecular flexibility index (Phi) is 6.11. The number of ether oxygens (including phenoxy) is 1. The van der Waals surface area contributed by atoms with Crippen molar-refractivity contribution >= 4 is 17.4 Å². The number of carbonyl (C=O) groups is 2. The standard InChI is InChI=1S/C23H27NO5/c1-5-6-7-12-24-20(18-11-9-15(3)29-18)19(22(26)23(24)27)21(25)16-13-14(2)8-10-17(16)28-4/h8-11,13,20,25H,5-7,12H2,1-4H3/b21-19+. The molecule has 154 valence electrons. The fourth-order valence-corrected chi connectivity index (χ4v) is 3.69. The summed E-state index contributed by atoms with van der Waals surface area (Å²) in [5, 5.41) is 11.1. The number of nitrogens with zero attached hydrogens (tertiary/aromatic N) is 1. The first-order valence-electron chi connectivity index (χ1n) is 9.88. The van der Waals surface area contributed by atoms with Crippen LogP contribution in [0.2, 0.25) is 0 Å². The van der Waals surface area contributed by atoms with Crippen molar-refractivity contribution in [3.05, 3.63) is 58.6 Å². The molecule has 1 amide bonds. The molecule has 1 fully saturated rings. The van der Waals surface area contributed by atoms with Crippen LogP contribution in [0.5, 0.6) is 5.75 Å². The number of hydrogen-bond acceptors (Lipinski definition) is 5. The zero-order valence-electron chi connectivity index (χ0n) is 17.3. The largest absolute Gasteiger partial charge is 0.507 e. The minimum Gasteiger partial charge on any atom is -0.507 e. The van der Waals surface area contributed by atoms with Crippen LogP contribution in [0.3, 0.4) is 0 Å². The van der Waals surface area contributed by atoms with E-state index in [-0.39, 0.29) is 11.3 Å². The predicted octanol–water partition coefficient (Wildman–Crippen LogP) is 4.52. The zero-order chi connectivity index (χ0) is 21.1. The molecule has 6 heteroatoms. The second kappa shape index (κ2) is 8.55. The molecule has 1 atom stereocenters. The molecule has 1 saturated heterocycles. The van der Waals surface area contributed by atoms with Gasteiger partial charge in [0.05, 0.1) is 18.2 Å². The number of benzene rings is 1. The van der Waals surface area contributed by atoms with Gasteiger partial charge in [0, 0.05) is 6.54 Å². The van der Waals surface area contributed by atoms with Crippen molar-refractivity contribution in [2.24, 2.45) is 0 Å². The Morgan fingerprint density at radius 2 is 1.93 bits per heavy atom. The average Bonchev–Trinajstić information content (AvgIpc) is 3.23. The first kappa shape index (κ1) is 20.7. The van der Waals surface area contributed by atoms with Gasteiger partial charge in [-0.3, -0.25) is 9.59 Å². The van der Waals surface area contributed by atoms with Gasteiger partial charge in [-0.25, -0.2) is 0 Å². The Morgan fingerprint density at radius 1 is 1.17 bits per heavy atom. The van der Waals surface area contributed by atoms with E-state index in [1.807, 2.05) is 13.0 Å². The zero-order valence-corrected chi connectivity index (χ0v) is 17.3. The van der Waals surface area contributed by atoms with Gasteiger partial charge in [-0.15, -0.1) is 0 Å². The molecule has 2 aromatic rings. The van der Waals surface area contributed by atoms with Crippen molar-refractivity contribution in [1.29, 1.82) is 0 Å². The van der Waals surface area contributed by atoms with Crippen LogP contribution in [-0.4, -0.2) is 35.4 Å². The van der Waals surface area contributed by atoms with Crippen LogP contribution in [0, 0.1) is 13.8 Å². The minimum absolute atomic E-state index is 0.0322. The molecule has 3 rings (SSSR count). The number of carbonyl (C=O) groups excluding carboxylic acids is 2. The van der Waals surface area contributed by atoms with Gasteiger partial charge >= 0.3 is 0 Å². The fraction of sp³-hybridized carbons (Fsp3) is 0.391. The smallest absolute Gasteiger partial charge is 0.295 e. The lowest BCUT2D eigenvalue weighted by atomic mass is 9.98. The number of aliphatic hydroxyl groups excluding tert-OH is 1. The number of methoxy groups -OCH3 is 1. The number of aryl methyl sites for hydroxylation is 2. The molecule has 2 heterocycles. The molecule has 1 aromatic carbocycles. The van der Waals surface area contributed by atoms with Gasteiger partial charge in [0.2, 0.25) is 0 Å². The lowest BCUT2D eigenvalue weighted by Gasteiger charge is -2.23. The number of unbranched alkanes of at least 4 members (excludes halogenated alkanes) is 2. The highest BCUT2D eigenvalue weighted by molar-refractivity contribution is 6.46. The molecular formula is C23H27NO5. The third-order valence-corrected chi connectivity index (χ3v) is 5.18. The van der Waals surface area contributed by atoms with Gasteiger partial charge in [-0.05, 0) is 44.5 Å². The molecule has 6 nitrogen and oxygen atoms in total. The van der Waals surface area contributed by atoms with E-state index in [1.165, 1.54) is 12.0 Å². The van der Waals surface area contributed by atoms with Crippen LogP contribution in [0.25, 0.3) is 5.76 Å². The maximum Gasteiger partial charge on any atom is 0.295 e. The Morgan fingerprint density at radius 3 is 2.55 bits per heavy atom. The molecule has 1 aliphatic rings. The lowest BCUT2D eigenvalue weighted by Crippen LogP contribution is -2.30. The van der Waals surface area contributed by atoms with Gasteiger partial charge in [0.25, 0.3) is 11.7 Å². The van der Waals surface area contributed by atoms with Crippen LogP contribution in [0.1, 0.15) is 54.9 Å². The Labute approximate surface area is 170 Å². The van der Waals surface area contributed by atoms with Crippen molar-refractivity contribution in [3.8, 4) is 5.75 Å². The first-order valence-corrected chi connectivity index (χ1v) is 9.88. The first-order chi connectivity index (χ1) is 13.9. The van der Waals surface area contributed by atoms with Crippen molar-refractivity contribution < 1.29 is 23.8 Å². The Bertz CT molecular complexity index is 956. The summed E-state index contributed by atoms with van der Waals surface area (Å²) in [6.45, 7) is 6.18. The molecule has 1 aliphatic heterocycles. The summed E-state index contributed by atoms with van der Waals surface area (Å²) < 4.78 is 11.1. The monoisotopic (exact) mass is 397 g/mol. The molecule has 1 unspecified atom stereocenters. The van der Waals surface area contributed by atoms with Crippen molar-refractivity contribution in [3.63, 3.8) is 0 Å². The van der Waals surface area contributed by atoms with Gasteiger partial charge in [0.1, 0.15) is 29.1 Å². The molecule has 0 saturated carbocycles. The van der Waals surface area contributed by atoms with E-state index < -0.39 is 17.7 Å². The van der Waals surface area contributed by atoms with E-state index in [1.54, 1.807) is 31.2 Å². The second-order valence-electron chi connectivity index (χ2n) is 7.35. The second-order valence-corrected chi connectivity index (χ2v) is 7.35. The van der Waals surface area contributed by atoms with Crippen LogP contribution < -0.4 is 4.74 Å². The highest BCUT2D eigenvalue weighted by atomic mass is 16.5. The number of likely N-dealkylation sites (tertiary alicyclic amines) is 1. The fourth-order valence-electron chi connectivity index (χ4n) is 3.69. The molecule has 1 N–H and O–H groups in total. The molecule has 29 heavy (non-hydrogen) atoms. The Hall–Kier alpha value is -3.02. The van der Waals surface area contributed by atoms with E-state index in [2.05, 4.69) is 6.92 Å². The van der Waals surface area contributed by atoms with Crippen LogP contribution >= 0.6 is 0 Å². The molecule has 1 aromatic heterocycles. The summed E-state index contributed by atoms with van der Waals surface area (Å²) in [5.74, 6) is -0.00538. The summed E-state index contributed by atoms with van der Waals surface area (Å²) in [6, 6.07) is 8.10. The number of furan rings is 1. The van der Waals surface area contributed by atoms with Crippen LogP contribution in [0.15, 0.2) is 40.3 Å². The minimum atomic E-state index is -0.759. The summed E-state index contributed by atoms with van der Waals surface area (Å²) in [5.41, 5.74) is 1.31. The SMILES string of the molecule is CCCCCN1C(=O)C(=O)/C(=C(/O)c2cc(C)ccc2OC)C1c1ccc(C)o1. The van der Waals surface area contributed by atoms with Crippen molar-refractivity contribution in [1.82, 2.24) is 4.90 Å². The van der Waals surface area contributed by atoms with Crippen molar-refractivity contribution in [2.45, 2.75) is 46.1 Å². The highest BCUT2D eigenvalue weighted by Crippen LogP contribution is 2.41. The Balaban J connectivity index is 2.16. The quantitative estimate of drug-likeness (QED) is 0.322. The van der Waals surface area contributed by atoms with E-state index in [0.717, 1.165) is 24.8 Å². The van der Waals surface area contributed by atoms with E-state index in [0.29, 0.717) is 29.4 Å². The summed E-state index contributed by atoms with van der Waals surface area (Å²) in [7, 11) is 1.50. The van der Waals surface area contributed by atoms with Gasteiger partial charge in [0.15, 0.2) is 0 Å². The maximum atomic E-state index is 12.9. The molecule has 0 spiro atoms. The molecule has 0 bridgehead atoms. The molecule has 0 aliphatic carbocycles. The summed E-state index contributed by atoms with van der Waals surface area (Å²) in [4.78, 5) is 27.3. The van der Waals surface area contributed by atoms with Crippen LogP contribution in [0.4, 0.5) is 0 Å². The highest BCUT2D eigenvalue weighted by Gasteiger charge is 2.47. The third kappa shape index (κ3) is 3.92. The number of amides is 1. The normalized spacial score (nSPS) is 18.5. The van der Waals surface area contributed by atoms with Gasteiger partial charge in [-0.1, -0.05) is 31.4 Å². The topological polar surface area (TPSA) is 80.0 Å². The average molecular weight is 397 g/mol. The number of rotatable bonds is 7. The summed E-state index contributed by atoms with van der Waals surface area (Å²) in [6.07, 6.45) is 2.71. The number of Topliss-reactive ketones (excluding diaryl/α,β-unsaturated/α-hetero) is 1. The molecular weight excluding hydrogens is 370 g/mol. The summed E-state index contributed by atoms with van der Waals surface area (Å²) >= 11 is 0. The van der Waals surface area contributed by atoms with Crippen LogP contribution in [-0.2, 0) is 9.59 Å².